The number of anilines is 1. The number of hydrogen-bond acceptors (Lipinski definition) is 5. The molecule has 0 aliphatic rings. The first-order valence-corrected chi connectivity index (χ1v) is 8.33. The summed E-state index contributed by atoms with van der Waals surface area (Å²) in [5.41, 5.74) is 1.09. The van der Waals surface area contributed by atoms with Gasteiger partial charge in [-0.05, 0) is 35.9 Å². The minimum absolute atomic E-state index is 0.198. The predicted molar refractivity (Wildman–Crippen MR) is 93.0 cm³/mol. The topological polar surface area (TPSA) is 59.2 Å². The first kappa shape index (κ1) is 15.5. The van der Waals surface area contributed by atoms with Crippen LogP contribution >= 0.6 is 11.3 Å². The zero-order valence-electron chi connectivity index (χ0n) is 12.9. The second-order valence-electron chi connectivity index (χ2n) is 5.31. The van der Waals surface area contributed by atoms with E-state index in [1.165, 1.54) is 28.6 Å². The highest BCUT2D eigenvalue weighted by Crippen LogP contribution is 2.32. The van der Waals surface area contributed by atoms with E-state index >= 15 is 0 Å². The second-order valence-corrected chi connectivity index (χ2v) is 6.32. The van der Waals surface area contributed by atoms with Gasteiger partial charge in [-0.15, -0.1) is 0 Å². The summed E-state index contributed by atoms with van der Waals surface area (Å²) in [6.07, 6.45) is 4.78. The van der Waals surface area contributed by atoms with E-state index in [0.29, 0.717) is 9.83 Å². The number of para-hydroxylation sites is 1. The van der Waals surface area contributed by atoms with Gasteiger partial charge >= 0.3 is 0 Å². The van der Waals surface area contributed by atoms with E-state index in [9.17, 15) is 9.18 Å². The summed E-state index contributed by atoms with van der Waals surface area (Å²) >= 11 is 1.26. The maximum atomic E-state index is 14.0. The Morgan fingerprint density at radius 1 is 1.20 bits per heavy atom. The lowest BCUT2D eigenvalue weighted by molar-refractivity contribution is 0.0958. The van der Waals surface area contributed by atoms with Gasteiger partial charge in [-0.25, -0.2) is 9.37 Å². The lowest BCUT2D eigenvalue weighted by atomic mass is 10.2. The molecule has 4 rings (SSSR count). The van der Waals surface area contributed by atoms with Crippen LogP contribution in [0.4, 0.5) is 9.52 Å². The van der Waals surface area contributed by atoms with Crippen molar-refractivity contribution < 1.29 is 13.6 Å². The van der Waals surface area contributed by atoms with Crippen LogP contribution in [0.5, 0.6) is 0 Å². The maximum Gasteiger partial charge on any atom is 0.296 e. The molecule has 0 aliphatic carbocycles. The highest BCUT2D eigenvalue weighted by atomic mass is 32.1. The van der Waals surface area contributed by atoms with Crippen LogP contribution in [0.2, 0.25) is 0 Å². The molecule has 0 atom stereocenters. The lowest BCUT2D eigenvalue weighted by Crippen LogP contribution is -2.30. The zero-order chi connectivity index (χ0) is 17.2. The molecule has 0 saturated carbocycles. The number of benzene rings is 1. The minimum atomic E-state index is -0.410. The third-order valence-electron chi connectivity index (χ3n) is 3.63. The fourth-order valence-electron chi connectivity index (χ4n) is 2.45. The Kier molecular flexibility index (Phi) is 3.99. The number of halogens is 1. The van der Waals surface area contributed by atoms with E-state index in [1.807, 2.05) is 6.07 Å². The largest absolute Gasteiger partial charge is 0.459 e. The number of fused-ring (bicyclic) bond motifs is 1. The molecule has 124 valence electrons. The van der Waals surface area contributed by atoms with E-state index in [1.54, 1.807) is 42.7 Å². The molecule has 7 heteroatoms. The Morgan fingerprint density at radius 3 is 2.84 bits per heavy atom. The summed E-state index contributed by atoms with van der Waals surface area (Å²) in [6.45, 7) is 0.259. The van der Waals surface area contributed by atoms with Gasteiger partial charge in [-0.3, -0.25) is 14.7 Å². The van der Waals surface area contributed by atoms with Crippen molar-refractivity contribution in [3.8, 4) is 0 Å². The average molecular weight is 353 g/mol. The molecule has 0 N–H and O–H groups in total. The molecule has 0 unspecified atom stereocenters. The molecule has 25 heavy (non-hydrogen) atoms. The molecule has 0 saturated heterocycles. The molecule has 0 spiro atoms. The van der Waals surface area contributed by atoms with E-state index in [2.05, 4.69) is 9.97 Å². The Morgan fingerprint density at radius 2 is 2.12 bits per heavy atom. The first-order chi connectivity index (χ1) is 12.2. The number of furan rings is 1. The number of thiazole rings is 1. The normalized spacial score (nSPS) is 10.9. The molecule has 1 amide bonds. The number of aromatic nitrogens is 2. The van der Waals surface area contributed by atoms with E-state index in [-0.39, 0.29) is 23.7 Å². The van der Waals surface area contributed by atoms with Crippen LogP contribution in [0, 0.1) is 5.82 Å². The van der Waals surface area contributed by atoms with Gasteiger partial charge in [-0.2, -0.15) is 0 Å². The summed E-state index contributed by atoms with van der Waals surface area (Å²) in [5, 5.41) is 0.408. The van der Waals surface area contributed by atoms with Crippen LogP contribution < -0.4 is 4.90 Å². The van der Waals surface area contributed by atoms with Crippen molar-refractivity contribution in [2.24, 2.45) is 0 Å². The number of amides is 1. The van der Waals surface area contributed by atoms with Gasteiger partial charge in [0.25, 0.3) is 5.91 Å². The zero-order valence-corrected chi connectivity index (χ0v) is 13.7. The second kappa shape index (κ2) is 6.45. The Balaban J connectivity index is 1.78. The molecule has 3 heterocycles. The predicted octanol–water partition coefficient (Wildman–Crippen LogP) is 4.27. The van der Waals surface area contributed by atoms with Crippen molar-refractivity contribution in [2.45, 2.75) is 6.54 Å². The highest BCUT2D eigenvalue weighted by molar-refractivity contribution is 7.22. The fraction of sp³-hybridized carbons (Fsp3) is 0.0556. The van der Waals surface area contributed by atoms with Crippen LogP contribution in [-0.2, 0) is 6.54 Å². The maximum absolute atomic E-state index is 14.0. The first-order valence-electron chi connectivity index (χ1n) is 7.52. The van der Waals surface area contributed by atoms with Crippen LogP contribution in [0.15, 0.2) is 65.5 Å². The lowest BCUT2D eigenvalue weighted by Gasteiger charge is -2.18. The molecule has 3 aromatic heterocycles. The summed E-state index contributed by atoms with van der Waals surface area (Å²) < 4.78 is 19.9. The molecule has 0 aliphatic heterocycles. The molecule has 0 fully saturated rings. The highest BCUT2D eigenvalue weighted by Gasteiger charge is 2.24. The Labute approximate surface area is 146 Å². The van der Waals surface area contributed by atoms with Gasteiger partial charge in [0.1, 0.15) is 11.3 Å². The van der Waals surface area contributed by atoms with Gasteiger partial charge in [-0.1, -0.05) is 23.5 Å². The fourth-order valence-corrected chi connectivity index (χ4v) is 3.43. The SMILES string of the molecule is O=C(c1ccco1)N(Cc1cccnc1)c1nc2c(F)cccc2s1. The Bertz CT molecular complexity index is 1020. The number of rotatable bonds is 4. The van der Waals surface area contributed by atoms with Gasteiger partial charge in [0.05, 0.1) is 17.5 Å². The molecular weight excluding hydrogens is 341 g/mol. The quantitative estimate of drug-likeness (QED) is 0.550. The van der Waals surface area contributed by atoms with Crippen molar-refractivity contribution in [3.05, 3.63) is 78.3 Å². The summed E-state index contributed by atoms with van der Waals surface area (Å²) in [4.78, 5) is 22.7. The number of carbonyl (C=O) groups excluding carboxylic acids is 1. The number of pyridine rings is 1. The van der Waals surface area contributed by atoms with Crippen LogP contribution in [0.3, 0.4) is 0 Å². The van der Waals surface area contributed by atoms with Gasteiger partial charge in [0.15, 0.2) is 10.9 Å². The number of carbonyl (C=O) groups is 1. The molecule has 1 aromatic carbocycles. The molecule has 0 radical (unpaired) electrons. The average Bonchev–Trinajstić information content (AvgIpc) is 3.30. The molecule has 4 aromatic rings. The monoisotopic (exact) mass is 353 g/mol. The smallest absolute Gasteiger partial charge is 0.296 e. The third kappa shape index (κ3) is 3.01. The van der Waals surface area contributed by atoms with Crippen molar-refractivity contribution >= 4 is 32.6 Å². The van der Waals surface area contributed by atoms with Crippen molar-refractivity contribution in [3.63, 3.8) is 0 Å². The Hall–Kier alpha value is -3.06. The number of hydrogen-bond donors (Lipinski definition) is 0. The standard InChI is InChI=1S/C18H12FN3O2S/c19-13-5-1-7-15-16(13)21-18(25-15)22(11-12-4-2-8-20-10-12)17(23)14-6-3-9-24-14/h1-10H,11H2. The van der Waals surface area contributed by atoms with Gasteiger partial charge in [0, 0.05) is 12.4 Å². The van der Waals surface area contributed by atoms with E-state index in [4.69, 9.17) is 4.42 Å². The summed E-state index contributed by atoms with van der Waals surface area (Å²) in [7, 11) is 0. The number of nitrogens with zero attached hydrogens (tertiary/aromatic N) is 3. The molecule has 5 nitrogen and oxygen atoms in total. The summed E-state index contributed by atoms with van der Waals surface area (Å²) in [5.74, 6) is -0.552. The van der Waals surface area contributed by atoms with Crippen LogP contribution in [0.25, 0.3) is 10.2 Å². The van der Waals surface area contributed by atoms with Gasteiger partial charge in [0.2, 0.25) is 0 Å². The van der Waals surface area contributed by atoms with E-state index in [0.717, 1.165) is 5.56 Å². The summed E-state index contributed by atoms with van der Waals surface area (Å²) in [6, 6.07) is 11.6. The van der Waals surface area contributed by atoms with Crippen LogP contribution in [-0.4, -0.2) is 15.9 Å². The van der Waals surface area contributed by atoms with Crippen molar-refractivity contribution in [1.29, 1.82) is 0 Å². The minimum Gasteiger partial charge on any atom is -0.459 e. The van der Waals surface area contributed by atoms with E-state index < -0.39 is 5.82 Å². The van der Waals surface area contributed by atoms with Crippen molar-refractivity contribution in [2.75, 3.05) is 4.90 Å². The molecular formula is C18H12FN3O2S. The van der Waals surface area contributed by atoms with Crippen molar-refractivity contribution in [1.82, 2.24) is 9.97 Å². The van der Waals surface area contributed by atoms with Crippen LogP contribution in [0.1, 0.15) is 16.1 Å². The molecule has 0 bridgehead atoms. The van der Waals surface area contributed by atoms with Gasteiger partial charge < -0.3 is 4.42 Å². The third-order valence-corrected chi connectivity index (χ3v) is 4.67.